The van der Waals surface area contributed by atoms with Crippen molar-refractivity contribution >= 4 is 5.91 Å². The summed E-state index contributed by atoms with van der Waals surface area (Å²) in [6.07, 6.45) is 10.2. The quantitative estimate of drug-likeness (QED) is 0.832. The smallest absolute Gasteiger partial charge is 0.222 e. The lowest BCUT2D eigenvalue weighted by Gasteiger charge is -2.37. The van der Waals surface area contributed by atoms with Gasteiger partial charge in [-0.1, -0.05) is 19.3 Å². The van der Waals surface area contributed by atoms with Crippen LogP contribution in [0.5, 0.6) is 0 Å². The Labute approximate surface area is 121 Å². The SMILES string of the molecule is CNC1(CC(=O)NC(C)Cn2cccn2)CCCCC1. The van der Waals surface area contributed by atoms with E-state index in [9.17, 15) is 4.79 Å². The summed E-state index contributed by atoms with van der Waals surface area (Å²) in [6, 6.07) is 1.99. The lowest BCUT2D eigenvalue weighted by Crippen LogP contribution is -2.49. The highest BCUT2D eigenvalue weighted by atomic mass is 16.1. The van der Waals surface area contributed by atoms with Crippen LogP contribution in [-0.4, -0.2) is 34.3 Å². The average molecular weight is 278 g/mol. The lowest BCUT2D eigenvalue weighted by molar-refractivity contribution is -0.123. The van der Waals surface area contributed by atoms with E-state index in [4.69, 9.17) is 0 Å². The van der Waals surface area contributed by atoms with Gasteiger partial charge >= 0.3 is 0 Å². The molecule has 1 atom stereocenters. The van der Waals surface area contributed by atoms with E-state index in [1.807, 2.05) is 30.9 Å². The first-order valence-corrected chi connectivity index (χ1v) is 7.59. The fraction of sp³-hybridized carbons (Fsp3) is 0.733. The third kappa shape index (κ3) is 4.07. The maximum absolute atomic E-state index is 12.2. The standard InChI is InChI=1S/C15H26N4O/c1-13(12-19-10-6-9-17-19)18-14(20)11-15(16-2)7-4-3-5-8-15/h6,9-10,13,16H,3-5,7-8,11-12H2,1-2H3,(H,18,20). The van der Waals surface area contributed by atoms with Gasteiger partial charge in [-0.3, -0.25) is 9.48 Å². The van der Waals surface area contributed by atoms with E-state index in [1.54, 1.807) is 6.20 Å². The number of rotatable bonds is 6. The van der Waals surface area contributed by atoms with Crippen molar-refractivity contribution in [2.24, 2.45) is 0 Å². The average Bonchev–Trinajstić information content (AvgIpc) is 2.92. The van der Waals surface area contributed by atoms with Gasteiger partial charge in [0, 0.05) is 30.4 Å². The second-order valence-corrected chi connectivity index (χ2v) is 5.96. The molecule has 1 aliphatic rings. The highest BCUT2D eigenvalue weighted by Crippen LogP contribution is 2.30. The molecule has 112 valence electrons. The van der Waals surface area contributed by atoms with E-state index in [-0.39, 0.29) is 17.5 Å². The monoisotopic (exact) mass is 278 g/mol. The molecule has 2 N–H and O–H groups in total. The number of nitrogens with one attached hydrogen (secondary N) is 2. The summed E-state index contributed by atoms with van der Waals surface area (Å²) in [6.45, 7) is 2.73. The molecule has 2 rings (SSSR count). The normalized spacial score (nSPS) is 19.5. The molecule has 1 amide bonds. The zero-order valence-corrected chi connectivity index (χ0v) is 12.6. The van der Waals surface area contributed by atoms with Crippen molar-refractivity contribution in [1.29, 1.82) is 0 Å². The zero-order chi connectivity index (χ0) is 14.4. The summed E-state index contributed by atoms with van der Waals surface area (Å²) in [5.41, 5.74) is 0.00769. The summed E-state index contributed by atoms with van der Waals surface area (Å²) in [5.74, 6) is 0.140. The Bertz CT molecular complexity index is 410. The van der Waals surface area contributed by atoms with Crippen LogP contribution in [0.3, 0.4) is 0 Å². The van der Waals surface area contributed by atoms with Crippen LogP contribution in [0.4, 0.5) is 0 Å². The van der Waals surface area contributed by atoms with Crippen LogP contribution in [0, 0.1) is 0 Å². The Morgan fingerprint density at radius 2 is 2.15 bits per heavy atom. The van der Waals surface area contributed by atoms with Gasteiger partial charge in [0.1, 0.15) is 0 Å². The molecule has 1 aliphatic carbocycles. The maximum atomic E-state index is 12.2. The predicted molar refractivity (Wildman–Crippen MR) is 79.3 cm³/mol. The van der Waals surface area contributed by atoms with E-state index in [0.29, 0.717) is 13.0 Å². The lowest BCUT2D eigenvalue weighted by atomic mass is 9.79. The number of carbonyl (C=O) groups is 1. The fourth-order valence-electron chi connectivity index (χ4n) is 3.11. The van der Waals surface area contributed by atoms with Crippen LogP contribution in [0.15, 0.2) is 18.5 Å². The third-order valence-electron chi connectivity index (χ3n) is 4.27. The van der Waals surface area contributed by atoms with Crippen LogP contribution in [0.2, 0.25) is 0 Å². The Kier molecular flexibility index (Phi) is 5.17. The van der Waals surface area contributed by atoms with Crippen molar-refractivity contribution < 1.29 is 4.79 Å². The molecule has 1 heterocycles. The van der Waals surface area contributed by atoms with Crippen molar-refractivity contribution in [1.82, 2.24) is 20.4 Å². The number of carbonyl (C=O) groups excluding carboxylic acids is 1. The van der Waals surface area contributed by atoms with Gasteiger partial charge in [0.05, 0.1) is 6.54 Å². The first-order valence-electron chi connectivity index (χ1n) is 7.59. The largest absolute Gasteiger partial charge is 0.352 e. The first-order chi connectivity index (χ1) is 9.63. The van der Waals surface area contributed by atoms with E-state index >= 15 is 0 Å². The highest BCUT2D eigenvalue weighted by molar-refractivity contribution is 5.77. The van der Waals surface area contributed by atoms with Crippen molar-refractivity contribution in [2.75, 3.05) is 7.05 Å². The van der Waals surface area contributed by atoms with Gasteiger partial charge in [0.25, 0.3) is 0 Å². The van der Waals surface area contributed by atoms with Gasteiger partial charge in [-0.05, 0) is 32.9 Å². The summed E-state index contributed by atoms with van der Waals surface area (Å²) in [7, 11) is 1.98. The second-order valence-electron chi connectivity index (χ2n) is 5.96. The van der Waals surface area contributed by atoms with Crippen LogP contribution in [0.1, 0.15) is 45.4 Å². The molecular formula is C15H26N4O. The Morgan fingerprint density at radius 3 is 2.75 bits per heavy atom. The topological polar surface area (TPSA) is 59.0 Å². The molecule has 1 aromatic heterocycles. The minimum absolute atomic E-state index is 0.00769. The maximum Gasteiger partial charge on any atom is 0.222 e. The summed E-state index contributed by atoms with van der Waals surface area (Å²) < 4.78 is 1.85. The fourth-order valence-corrected chi connectivity index (χ4v) is 3.11. The predicted octanol–water partition coefficient (Wildman–Crippen LogP) is 1.70. The summed E-state index contributed by atoms with van der Waals surface area (Å²) >= 11 is 0. The first kappa shape index (κ1) is 15.0. The van der Waals surface area contributed by atoms with Crippen LogP contribution in [-0.2, 0) is 11.3 Å². The van der Waals surface area contributed by atoms with Gasteiger partial charge in [-0.25, -0.2) is 0 Å². The van der Waals surface area contributed by atoms with Crippen LogP contribution >= 0.6 is 0 Å². The highest BCUT2D eigenvalue weighted by Gasteiger charge is 2.32. The van der Waals surface area contributed by atoms with Crippen LogP contribution < -0.4 is 10.6 Å². The molecule has 1 aromatic rings. The Morgan fingerprint density at radius 1 is 1.40 bits per heavy atom. The zero-order valence-electron chi connectivity index (χ0n) is 12.6. The summed E-state index contributed by atoms with van der Waals surface area (Å²) in [4.78, 5) is 12.2. The minimum atomic E-state index is 0.00769. The molecule has 0 spiro atoms. The van der Waals surface area contributed by atoms with Crippen molar-refractivity contribution in [3.63, 3.8) is 0 Å². The van der Waals surface area contributed by atoms with Gasteiger partial charge in [-0.2, -0.15) is 5.10 Å². The molecule has 5 nitrogen and oxygen atoms in total. The molecule has 0 bridgehead atoms. The number of aromatic nitrogens is 2. The van der Waals surface area contributed by atoms with Gasteiger partial charge in [0.2, 0.25) is 5.91 Å². The van der Waals surface area contributed by atoms with Crippen molar-refractivity contribution in [3.8, 4) is 0 Å². The molecule has 5 heteroatoms. The molecule has 1 saturated carbocycles. The third-order valence-corrected chi connectivity index (χ3v) is 4.27. The molecule has 1 fully saturated rings. The minimum Gasteiger partial charge on any atom is -0.352 e. The van der Waals surface area contributed by atoms with E-state index in [0.717, 1.165) is 12.8 Å². The number of amides is 1. The molecular weight excluding hydrogens is 252 g/mol. The van der Waals surface area contributed by atoms with Gasteiger partial charge < -0.3 is 10.6 Å². The van der Waals surface area contributed by atoms with Crippen molar-refractivity contribution in [3.05, 3.63) is 18.5 Å². The number of hydrogen-bond acceptors (Lipinski definition) is 3. The molecule has 0 aliphatic heterocycles. The Hall–Kier alpha value is -1.36. The summed E-state index contributed by atoms with van der Waals surface area (Å²) in [5, 5.41) is 10.6. The van der Waals surface area contributed by atoms with Gasteiger partial charge in [-0.15, -0.1) is 0 Å². The number of hydrogen-bond donors (Lipinski definition) is 2. The van der Waals surface area contributed by atoms with Crippen molar-refractivity contribution in [2.45, 2.75) is 63.6 Å². The number of nitrogens with zero attached hydrogens (tertiary/aromatic N) is 2. The van der Waals surface area contributed by atoms with E-state index in [2.05, 4.69) is 15.7 Å². The molecule has 0 radical (unpaired) electrons. The molecule has 0 aromatic carbocycles. The van der Waals surface area contributed by atoms with Gasteiger partial charge in [0.15, 0.2) is 0 Å². The second kappa shape index (κ2) is 6.88. The molecule has 0 saturated heterocycles. The molecule has 1 unspecified atom stereocenters. The van der Waals surface area contributed by atoms with Crippen LogP contribution in [0.25, 0.3) is 0 Å². The van der Waals surface area contributed by atoms with E-state index in [1.165, 1.54) is 19.3 Å². The van der Waals surface area contributed by atoms with E-state index < -0.39 is 0 Å². The molecule has 20 heavy (non-hydrogen) atoms. The Balaban J connectivity index is 1.81.